The van der Waals surface area contributed by atoms with Crippen molar-refractivity contribution in [1.29, 1.82) is 0 Å². The fourth-order valence-electron chi connectivity index (χ4n) is 1.46. The maximum Gasteiger partial charge on any atom is 0.260 e. The number of nitrogens with zero attached hydrogens (tertiary/aromatic N) is 2. The van der Waals surface area contributed by atoms with Gasteiger partial charge >= 0.3 is 0 Å². The number of oxime groups is 1. The molecule has 0 saturated carbocycles. The van der Waals surface area contributed by atoms with Gasteiger partial charge < -0.3 is 20.6 Å². The van der Waals surface area contributed by atoms with Crippen molar-refractivity contribution in [1.82, 2.24) is 4.90 Å². The first-order valence-electron chi connectivity index (χ1n) is 6.02. The van der Waals surface area contributed by atoms with E-state index in [4.69, 9.17) is 15.7 Å². The SMILES string of the molecule is CSCCN(C)C(=O)COc1ccccc1/C(N)=N/O. The van der Waals surface area contributed by atoms with Gasteiger partial charge in [0.1, 0.15) is 5.75 Å². The van der Waals surface area contributed by atoms with Crippen molar-refractivity contribution in [3.8, 4) is 5.75 Å². The number of benzene rings is 1. The summed E-state index contributed by atoms with van der Waals surface area (Å²) in [6.07, 6.45) is 1.99. The van der Waals surface area contributed by atoms with Crippen molar-refractivity contribution in [2.75, 3.05) is 32.2 Å². The Kier molecular flexibility index (Phi) is 6.72. The molecule has 0 fully saturated rings. The number of thioether (sulfide) groups is 1. The van der Waals surface area contributed by atoms with Gasteiger partial charge in [-0.15, -0.1) is 0 Å². The van der Waals surface area contributed by atoms with Crippen LogP contribution in [0.4, 0.5) is 0 Å². The Morgan fingerprint density at radius 3 is 2.85 bits per heavy atom. The number of para-hydroxylation sites is 1. The summed E-state index contributed by atoms with van der Waals surface area (Å²) in [4.78, 5) is 13.5. The van der Waals surface area contributed by atoms with E-state index in [9.17, 15) is 4.79 Å². The van der Waals surface area contributed by atoms with Gasteiger partial charge in [0.2, 0.25) is 0 Å². The van der Waals surface area contributed by atoms with E-state index in [1.807, 2.05) is 6.26 Å². The van der Waals surface area contributed by atoms with Gasteiger partial charge in [-0.3, -0.25) is 4.79 Å². The van der Waals surface area contributed by atoms with Crippen LogP contribution in [0.15, 0.2) is 29.4 Å². The number of amides is 1. The lowest BCUT2D eigenvalue weighted by molar-refractivity contribution is -0.131. The molecule has 3 N–H and O–H groups in total. The van der Waals surface area contributed by atoms with Crippen LogP contribution in [0.1, 0.15) is 5.56 Å². The minimum Gasteiger partial charge on any atom is -0.483 e. The van der Waals surface area contributed by atoms with Crippen LogP contribution in [0.3, 0.4) is 0 Å². The maximum atomic E-state index is 11.9. The summed E-state index contributed by atoms with van der Waals surface area (Å²) in [5, 5.41) is 11.6. The number of amidine groups is 1. The second-order valence-corrected chi connectivity index (χ2v) is 5.06. The topological polar surface area (TPSA) is 88.2 Å². The molecule has 0 aliphatic heterocycles. The van der Waals surface area contributed by atoms with E-state index >= 15 is 0 Å². The maximum absolute atomic E-state index is 11.9. The molecule has 1 amide bonds. The van der Waals surface area contributed by atoms with Crippen LogP contribution < -0.4 is 10.5 Å². The largest absolute Gasteiger partial charge is 0.483 e. The van der Waals surface area contributed by atoms with E-state index in [0.717, 1.165) is 5.75 Å². The fourth-order valence-corrected chi connectivity index (χ4v) is 1.92. The van der Waals surface area contributed by atoms with Crippen molar-refractivity contribution < 1.29 is 14.7 Å². The molecule has 0 aromatic heterocycles. The highest BCUT2D eigenvalue weighted by atomic mass is 32.2. The molecular weight excluding hydrogens is 278 g/mol. The minimum absolute atomic E-state index is 0.0520. The first kappa shape index (κ1) is 16.2. The fraction of sp³-hybridized carbons (Fsp3) is 0.385. The van der Waals surface area contributed by atoms with E-state index in [2.05, 4.69) is 5.16 Å². The summed E-state index contributed by atoms with van der Waals surface area (Å²) in [5.41, 5.74) is 6.00. The van der Waals surface area contributed by atoms with Crippen LogP contribution in [0.25, 0.3) is 0 Å². The molecule has 1 aromatic rings. The van der Waals surface area contributed by atoms with E-state index in [1.165, 1.54) is 0 Å². The molecule has 1 aromatic carbocycles. The molecule has 0 unspecified atom stereocenters. The highest BCUT2D eigenvalue weighted by Crippen LogP contribution is 2.17. The zero-order valence-corrected chi connectivity index (χ0v) is 12.4. The predicted octanol–water partition coefficient (Wildman–Crippen LogP) is 0.981. The lowest BCUT2D eigenvalue weighted by Crippen LogP contribution is -2.33. The van der Waals surface area contributed by atoms with E-state index in [-0.39, 0.29) is 18.3 Å². The van der Waals surface area contributed by atoms with Gasteiger partial charge in [-0.05, 0) is 18.4 Å². The Morgan fingerprint density at radius 2 is 2.20 bits per heavy atom. The minimum atomic E-state index is -0.117. The molecule has 1 rings (SSSR count). The second kappa shape index (κ2) is 8.31. The third-order valence-corrected chi connectivity index (χ3v) is 3.27. The lowest BCUT2D eigenvalue weighted by Gasteiger charge is -2.17. The van der Waals surface area contributed by atoms with E-state index < -0.39 is 0 Å². The monoisotopic (exact) mass is 297 g/mol. The third-order valence-electron chi connectivity index (χ3n) is 2.68. The molecule has 0 aliphatic rings. The number of carbonyl (C=O) groups excluding carboxylic acids is 1. The predicted molar refractivity (Wildman–Crippen MR) is 80.5 cm³/mol. The molecule has 20 heavy (non-hydrogen) atoms. The highest BCUT2D eigenvalue weighted by Gasteiger charge is 2.12. The third kappa shape index (κ3) is 4.65. The molecule has 110 valence electrons. The Balaban J connectivity index is 2.64. The Bertz CT molecular complexity index is 480. The summed E-state index contributed by atoms with van der Waals surface area (Å²) < 4.78 is 5.45. The lowest BCUT2D eigenvalue weighted by atomic mass is 10.2. The number of carbonyl (C=O) groups is 1. The molecule has 6 nitrogen and oxygen atoms in total. The molecule has 0 saturated heterocycles. The molecule has 0 spiro atoms. The summed E-state index contributed by atoms with van der Waals surface area (Å²) in [6, 6.07) is 6.83. The summed E-state index contributed by atoms with van der Waals surface area (Å²) in [7, 11) is 1.73. The van der Waals surface area contributed by atoms with Gasteiger partial charge in [-0.1, -0.05) is 17.3 Å². The number of rotatable bonds is 7. The van der Waals surface area contributed by atoms with Crippen LogP contribution >= 0.6 is 11.8 Å². The van der Waals surface area contributed by atoms with Crippen LogP contribution in [0.2, 0.25) is 0 Å². The normalized spacial score (nSPS) is 11.2. The van der Waals surface area contributed by atoms with Gasteiger partial charge in [0.25, 0.3) is 5.91 Å². The number of hydrogen-bond acceptors (Lipinski definition) is 5. The molecule has 0 aliphatic carbocycles. The number of hydrogen-bond donors (Lipinski definition) is 2. The quantitative estimate of drug-likeness (QED) is 0.339. The Morgan fingerprint density at radius 1 is 1.50 bits per heavy atom. The van der Waals surface area contributed by atoms with Crippen molar-refractivity contribution in [3.63, 3.8) is 0 Å². The molecule has 7 heteroatoms. The van der Waals surface area contributed by atoms with E-state index in [1.54, 1.807) is 48.0 Å². The smallest absolute Gasteiger partial charge is 0.260 e. The van der Waals surface area contributed by atoms with Crippen molar-refractivity contribution in [3.05, 3.63) is 29.8 Å². The molecule has 0 atom stereocenters. The van der Waals surface area contributed by atoms with Gasteiger partial charge in [-0.25, -0.2) is 0 Å². The zero-order valence-electron chi connectivity index (χ0n) is 11.6. The number of nitrogens with two attached hydrogens (primary N) is 1. The number of ether oxygens (including phenoxy) is 1. The van der Waals surface area contributed by atoms with Gasteiger partial charge in [0, 0.05) is 19.3 Å². The highest BCUT2D eigenvalue weighted by molar-refractivity contribution is 7.98. The second-order valence-electron chi connectivity index (χ2n) is 4.08. The van der Waals surface area contributed by atoms with Gasteiger partial charge in [0.05, 0.1) is 5.56 Å². The standard InChI is InChI=1S/C13H19N3O3S/c1-16(7-8-20-2)12(17)9-19-11-6-4-3-5-10(11)13(14)15-18/h3-6,18H,7-9H2,1-2H3,(H2,14,15). The summed E-state index contributed by atoms with van der Waals surface area (Å²) >= 11 is 1.68. The average Bonchev–Trinajstić information content (AvgIpc) is 2.49. The van der Waals surface area contributed by atoms with Gasteiger partial charge in [0.15, 0.2) is 12.4 Å². The molecule has 0 heterocycles. The molecule has 0 radical (unpaired) electrons. The van der Waals surface area contributed by atoms with E-state index in [0.29, 0.717) is 17.9 Å². The molecular formula is C13H19N3O3S. The van der Waals surface area contributed by atoms with Crippen LogP contribution in [-0.4, -0.2) is 54.1 Å². The zero-order chi connectivity index (χ0) is 15.0. The summed E-state index contributed by atoms with van der Waals surface area (Å²) in [6.45, 7) is 0.589. The van der Waals surface area contributed by atoms with Crippen LogP contribution in [0.5, 0.6) is 5.75 Å². The van der Waals surface area contributed by atoms with Gasteiger partial charge in [-0.2, -0.15) is 11.8 Å². The van der Waals surface area contributed by atoms with Crippen LogP contribution in [-0.2, 0) is 4.79 Å². The average molecular weight is 297 g/mol. The molecule has 0 bridgehead atoms. The Labute approximate surface area is 122 Å². The van der Waals surface area contributed by atoms with Crippen molar-refractivity contribution in [2.24, 2.45) is 10.9 Å². The Hall–Kier alpha value is -1.89. The van der Waals surface area contributed by atoms with Crippen molar-refractivity contribution >= 4 is 23.5 Å². The van der Waals surface area contributed by atoms with Crippen molar-refractivity contribution in [2.45, 2.75) is 0 Å². The first-order valence-corrected chi connectivity index (χ1v) is 7.42. The summed E-state index contributed by atoms with van der Waals surface area (Å²) in [5.74, 6) is 1.12. The van der Waals surface area contributed by atoms with Crippen LogP contribution in [0, 0.1) is 0 Å². The number of likely N-dealkylation sites (N-methyl/N-ethyl adjacent to an activating group) is 1. The first-order chi connectivity index (χ1) is 9.60.